The molecule has 0 aliphatic carbocycles. The topological polar surface area (TPSA) is 171 Å². The number of likely N-dealkylation sites (tertiary alicyclic amines) is 1. The molecule has 0 bridgehead atoms. The maximum atomic E-state index is 14.6. The zero-order valence-corrected chi connectivity index (χ0v) is 40.5. The minimum absolute atomic E-state index is 0.0277. The minimum atomic E-state index is -2.31. The van der Waals surface area contributed by atoms with E-state index < -0.39 is 62.4 Å². The van der Waals surface area contributed by atoms with Crippen molar-refractivity contribution in [3.8, 4) is 0 Å². The van der Waals surface area contributed by atoms with Crippen molar-refractivity contribution in [3.05, 3.63) is 35.9 Å². The first-order valence-corrected chi connectivity index (χ1v) is 25.6. The number of amides is 3. The molecule has 0 aromatic heterocycles. The van der Waals surface area contributed by atoms with Gasteiger partial charge in [0.1, 0.15) is 5.78 Å². The maximum Gasteiger partial charge on any atom is 0.307 e. The van der Waals surface area contributed by atoms with Gasteiger partial charge in [0.05, 0.1) is 42.7 Å². The third-order valence-corrected chi connectivity index (χ3v) is 14.5. The van der Waals surface area contributed by atoms with Gasteiger partial charge in [-0.3, -0.25) is 28.8 Å². The largest absolute Gasteiger partial charge is 0.481 e. The summed E-state index contributed by atoms with van der Waals surface area (Å²) in [5.41, 5.74) is 0.836. The molecule has 2 N–H and O–H groups in total. The van der Waals surface area contributed by atoms with Gasteiger partial charge in [-0.25, -0.2) is 0 Å². The van der Waals surface area contributed by atoms with Crippen LogP contribution >= 0.6 is 0 Å². The van der Waals surface area contributed by atoms with E-state index in [2.05, 4.69) is 0 Å². The van der Waals surface area contributed by atoms with Gasteiger partial charge in [-0.1, -0.05) is 85.2 Å². The molecule has 2 rings (SSSR count). The number of carbonyl (C=O) groups is 6. The van der Waals surface area contributed by atoms with E-state index >= 15 is 0 Å². The molecule has 1 heterocycles. The number of aliphatic carboxylic acids is 1. The first-order chi connectivity index (χ1) is 28.5. The predicted octanol–water partition coefficient (Wildman–Crippen LogP) is 6.50. The second-order valence-electron chi connectivity index (χ2n) is 18.9. The average molecular weight is 874 g/mol. The lowest BCUT2D eigenvalue weighted by Crippen LogP contribution is -2.54. The number of hydrogen-bond donors (Lipinski definition) is 2. The molecule has 1 aliphatic rings. The third kappa shape index (κ3) is 15.7. The van der Waals surface area contributed by atoms with Crippen LogP contribution in [0.3, 0.4) is 0 Å². The fourth-order valence-electron chi connectivity index (χ4n) is 9.16. The van der Waals surface area contributed by atoms with Gasteiger partial charge in [0.2, 0.25) is 17.7 Å². The molecule has 1 saturated heterocycles. The van der Waals surface area contributed by atoms with E-state index in [4.69, 9.17) is 9.47 Å². The van der Waals surface area contributed by atoms with Gasteiger partial charge >= 0.3 is 5.97 Å². The molecule has 13 nitrogen and oxygen atoms in total. The Balaban J connectivity index is 2.28. The third-order valence-electron chi connectivity index (χ3n) is 13.0. The van der Waals surface area contributed by atoms with Crippen LogP contribution in [0, 0.1) is 35.5 Å². The van der Waals surface area contributed by atoms with Crippen LogP contribution in [-0.4, -0.2) is 133 Å². The van der Waals surface area contributed by atoms with E-state index in [1.54, 1.807) is 30.8 Å². The molecule has 1 aromatic carbocycles. The summed E-state index contributed by atoms with van der Waals surface area (Å²) in [5, 5.41) is 9.98. The van der Waals surface area contributed by atoms with Crippen LogP contribution in [0.2, 0.25) is 19.1 Å². The molecular formula is C47H79N3O10Si. The number of carboxylic acids is 1. The molecule has 0 spiro atoms. The van der Waals surface area contributed by atoms with Crippen molar-refractivity contribution in [2.45, 2.75) is 156 Å². The number of ether oxygens (including phenoxy) is 2. The monoisotopic (exact) mass is 874 g/mol. The van der Waals surface area contributed by atoms with E-state index in [0.717, 1.165) is 5.56 Å². The molecule has 346 valence electrons. The van der Waals surface area contributed by atoms with E-state index in [9.17, 15) is 38.7 Å². The molecule has 0 radical (unpaired) electrons. The summed E-state index contributed by atoms with van der Waals surface area (Å²) in [6.07, 6.45) is 1.45. The normalized spacial score (nSPS) is 18.5. The molecule has 1 aromatic rings. The first-order valence-electron chi connectivity index (χ1n) is 22.4. The summed E-state index contributed by atoms with van der Waals surface area (Å²) >= 11 is 0. The van der Waals surface area contributed by atoms with E-state index in [1.165, 1.54) is 19.1 Å². The minimum Gasteiger partial charge on any atom is -0.481 e. The number of methoxy groups -OCH3 is 2. The number of carboxylic acid groups (broad SMARTS) is 1. The van der Waals surface area contributed by atoms with Crippen molar-refractivity contribution < 1.29 is 48.1 Å². The highest BCUT2D eigenvalue weighted by atomic mass is 28.4. The molecule has 1 fully saturated rings. The molecule has 61 heavy (non-hydrogen) atoms. The number of ketones is 2. The van der Waals surface area contributed by atoms with Crippen molar-refractivity contribution in [3.63, 3.8) is 0 Å². The molecular weight excluding hydrogens is 795 g/mol. The quantitative estimate of drug-likeness (QED) is 0.0931. The Morgan fingerprint density at radius 2 is 1.49 bits per heavy atom. The Bertz CT molecular complexity index is 1580. The Labute approximate surface area is 367 Å². The fourth-order valence-corrected chi connectivity index (χ4v) is 10.2. The molecule has 9 atom stereocenters. The highest BCUT2D eigenvalue weighted by molar-refractivity contribution is 6.69. The highest BCUT2D eigenvalue weighted by Crippen LogP contribution is 2.32. The van der Waals surface area contributed by atoms with Crippen LogP contribution in [0.15, 0.2) is 30.3 Å². The van der Waals surface area contributed by atoms with Gasteiger partial charge in [-0.15, -0.1) is 0 Å². The van der Waals surface area contributed by atoms with Crippen LogP contribution in [0.1, 0.15) is 105 Å². The average Bonchev–Trinajstić information content (AvgIpc) is 3.68. The van der Waals surface area contributed by atoms with E-state index in [-0.39, 0.29) is 79.1 Å². The molecule has 0 saturated carbocycles. The Morgan fingerprint density at radius 3 is 2.00 bits per heavy atom. The summed E-state index contributed by atoms with van der Waals surface area (Å²) in [6, 6.07) is 8.18. The lowest BCUT2D eigenvalue weighted by Gasteiger charge is -2.41. The number of benzene rings is 1. The number of likely N-dealkylation sites (N-methyl/N-ethyl adjacent to an activating group) is 2. The van der Waals surface area contributed by atoms with Gasteiger partial charge in [0.25, 0.3) is 0 Å². The number of nitrogens with zero attached hydrogens (tertiary/aromatic N) is 3. The predicted molar refractivity (Wildman–Crippen MR) is 240 cm³/mol. The summed E-state index contributed by atoms with van der Waals surface area (Å²) < 4.78 is 12.0. The maximum absolute atomic E-state index is 14.6. The smallest absolute Gasteiger partial charge is 0.307 e. The van der Waals surface area contributed by atoms with Gasteiger partial charge in [-0.2, -0.15) is 0 Å². The Hall–Kier alpha value is -3.46. The van der Waals surface area contributed by atoms with Crippen LogP contribution in [0.25, 0.3) is 0 Å². The zero-order chi connectivity index (χ0) is 46.4. The van der Waals surface area contributed by atoms with Crippen molar-refractivity contribution in [2.75, 3.05) is 34.9 Å². The second-order valence-corrected chi connectivity index (χ2v) is 23.0. The van der Waals surface area contributed by atoms with Gasteiger partial charge in [0.15, 0.2) is 14.1 Å². The van der Waals surface area contributed by atoms with Crippen molar-refractivity contribution in [2.24, 2.45) is 35.5 Å². The number of rotatable bonds is 27. The molecule has 1 aliphatic heterocycles. The zero-order valence-electron chi connectivity index (χ0n) is 39.5. The first kappa shape index (κ1) is 53.7. The molecule has 3 amide bonds. The highest BCUT2D eigenvalue weighted by Gasteiger charge is 2.44. The standard InChI is InChI=1S/C47H79N3O10Si/c1-14-32(6)44(49(9)46(55)36(30(2)3)28-39(52)43(31(4)5)48(8)41(53)23-19-25-61(12,13)58)40(59-10)29-42(54)50-24-18-22-37(50)45(60-11)33(7)38(51)27-35(47(56)57)26-34-20-16-15-17-21-34/h15-17,20-21,30-33,35-37,40,43-45,58H,14,18-19,22-29H2,1-13H3,(H,56,57)/t32-,33-,35+,36-,37-,40+,43-,44-,45+/m1/s1. The summed E-state index contributed by atoms with van der Waals surface area (Å²) in [4.78, 5) is 97.2. The van der Waals surface area contributed by atoms with Crippen molar-refractivity contribution >= 4 is 43.6 Å². The molecule has 0 unspecified atom stereocenters. The number of carbonyl (C=O) groups excluding carboxylic acids is 5. The van der Waals surface area contributed by atoms with E-state index in [0.29, 0.717) is 38.3 Å². The number of hydrogen-bond acceptors (Lipinski definition) is 9. The second kappa shape index (κ2) is 25.0. The van der Waals surface area contributed by atoms with Crippen LogP contribution in [-0.2, 0) is 44.7 Å². The van der Waals surface area contributed by atoms with Crippen LogP contribution < -0.4 is 0 Å². The van der Waals surface area contributed by atoms with Gasteiger partial charge in [0, 0.05) is 66.0 Å². The Kier molecular flexibility index (Phi) is 22.0. The van der Waals surface area contributed by atoms with Gasteiger partial charge in [-0.05, 0) is 68.1 Å². The lowest BCUT2D eigenvalue weighted by molar-refractivity contribution is -0.150. The number of Topliss-reactive ketones (excluding diaryl/α,β-unsaturated/α-hetero) is 2. The van der Waals surface area contributed by atoms with Crippen molar-refractivity contribution in [1.29, 1.82) is 0 Å². The summed E-state index contributed by atoms with van der Waals surface area (Å²) in [5.74, 6) is -4.74. The summed E-state index contributed by atoms with van der Waals surface area (Å²) in [7, 11) is 4.10. The van der Waals surface area contributed by atoms with Gasteiger partial charge < -0.3 is 34.1 Å². The fraction of sp³-hybridized carbons (Fsp3) is 0.745. The lowest BCUT2D eigenvalue weighted by atomic mass is 9.83. The van der Waals surface area contributed by atoms with Crippen LogP contribution in [0.5, 0.6) is 0 Å². The van der Waals surface area contributed by atoms with Crippen LogP contribution in [0.4, 0.5) is 0 Å². The Morgan fingerprint density at radius 1 is 0.869 bits per heavy atom. The SMILES string of the molecule is CC[C@@H](C)[C@H]([C@H](CC(=O)N1CCC[C@@H]1[C@@H](OC)[C@H](C)C(=O)C[C@H](Cc1ccccc1)C(=O)O)OC)N(C)C(=O)[C@H](CC(=O)[C@@H](C(C)C)N(C)C(=O)CCC[Si](C)(C)O)C(C)C. The van der Waals surface area contributed by atoms with E-state index in [1.807, 2.05) is 85.0 Å². The van der Waals surface area contributed by atoms with Crippen molar-refractivity contribution in [1.82, 2.24) is 14.7 Å². The molecule has 14 heteroatoms. The summed E-state index contributed by atoms with van der Waals surface area (Å²) in [6.45, 7) is 17.5.